The molecular weight excluding hydrogens is 328 g/mol. The highest BCUT2D eigenvalue weighted by Gasteiger charge is 2.29. The van der Waals surface area contributed by atoms with Gasteiger partial charge in [-0.3, -0.25) is 4.79 Å². The van der Waals surface area contributed by atoms with Gasteiger partial charge >= 0.3 is 0 Å². The Morgan fingerprint density at radius 2 is 1.96 bits per heavy atom. The van der Waals surface area contributed by atoms with Crippen molar-refractivity contribution in [3.05, 3.63) is 40.4 Å². The van der Waals surface area contributed by atoms with Crippen LogP contribution in [0, 0.1) is 6.92 Å². The monoisotopic (exact) mass is 348 g/mol. The highest BCUT2D eigenvalue weighted by atomic mass is 35.5. The number of halogens is 1. The second kappa shape index (κ2) is 6.81. The van der Waals surface area contributed by atoms with Gasteiger partial charge in [-0.1, -0.05) is 30.6 Å². The van der Waals surface area contributed by atoms with Crippen molar-refractivity contribution in [2.45, 2.75) is 26.7 Å². The number of aromatic nitrogens is 2. The first-order valence-corrected chi connectivity index (χ1v) is 8.47. The number of anilines is 1. The molecule has 1 aliphatic heterocycles. The molecule has 0 spiro atoms. The molecule has 2 aromatic rings. The fraction of sp³-hybridized carbons (Fsp3) is 0.471. The van der Waals surface area contributed by atoms with Crippen LogP contribution in [0.25, 0.3) is 0 Å². The Morgan fingerprint density at radius 3 is 2.54 bits per heavy atom. The van der Waals surface area contributed by atoms with E-state index in [-0.39, 0.29) is 11.8 Å². The maximum absolute atomic E-state index is 12.9. The lowest BCUT2D eigenvalue weighted by Gasteiger charge is -2.35. The van der Waals surface area contributed by atoms with Crippen LogP contribution >= 0.6 is 11.6 Å². The molecule has 3 rings (SSSR count). The van der Waals surface area contributed by atoms with E-state index in [0.717, 1.165) is 18.9 Å². The lowest BCUT2D eigenvalue weighted by molar-refractivity contribution is 0.0743. The summed E-state index contributed by atoms with van der Waals surface area (Å²) in [6.07, 6.45) is 1.64. The Morgan fingerprint density at radius 1 is 1.25 bits per heavy atom. The summed E-state index contributed by atoms with van der Waals surface area (Å²) < 4.78 is 5.34. The minimum atomic E-state index is 0.00108. The van der Waals surface area contributed by atoms with Crippen molar-refractivity contribution >= 4 is 23.3 Å². The van der Waals surface area contributed by atoms with Crippen LogP contribution in [0.4, 0.5) is 5.82 Å². The fourth-order valence-electron chi connectivity index (χ4n) is 2.89. The molecule has 1 fully saturated rings. The van der Waals surface area contributed by atoms with Crippen LogP contribution < -0.4 is 4.90 Å². The van der Waals surface area contributed by atoms with E-state index in [4.69, 9.17) is 16.1 Å². The predicted octanol–water partition coefficient (Wildman–Crippen LogP) is 3.12. The number of aryl methyl sites for hydroxylation is 1. The molecule has 7 heteroatoms. The molecule has 0 saturated carbocycles. The molecule has 128 valence electrons. The maximum Gasteiger partial charge on any atom is 0.259 e. The number of hydrogen-bond acceptors (Lipinski definition) is 5. The third-order valence-corrected chi connectivity index (χ3v) is 4.45. The van der Waals surface area contributed by atoms with Gasteiger partial charge in [0.25, 0.3) is 5.91 Å². The number of carbonyl (C=O) groups excluding carboxylic acids is 1. The highest BCUT2D eigenvalue weighted by molar-refractivity contribution is 6.30. The Labute approximate surface area is 146 Å². The topological polar surface area (TPSA) is 62.5 Å². The SMILES string of the molecule is Cc1noc(C(C)C)c1C(=O)N1CCN(c2ccc(Cl)cn2)CC1. The quantitative estimate of drug-likeness (QED) is 0.852. The van der Waals surface area contributed by atoms with Gasteiger partial charge in [0.05, 0.1) is 10.7 Å². The molecule has 24 heavy (non-hydrogen) atoms. The van der Waals surface area contributed by atoms with Gasteiger partial charge in [0.1, 0.15) is 11.4 Å². The zero-order chi connectivity index (χ0) is 17.3. The van der Waals surface area contributed by atoms with Crippen molar-refractivity contribution in [1.29, 1.82) is 0 Å². The second-order valence-corrected chi connectivity index (χ2v) is 6.71. The van der Waals surface area contributed by atoms with Gasteiger partial charge < -0.3 is 14.3 Å². The van der Waals surface area contributed by atoms with E-state index in [1.165, 1.54) is 0 Å². The third kappa shape index (κ3) is 3.24. The summed E-state index contributed by atoms with van der Waals surface area (Å²) in [6.45, 7) is 8.58. The summed E-state index contributed by atoms with van der Waals surface area (Å²) >= 11 is 5.88. The summed E-state index contributed by atoms with van der Waals surface area (Å²) in [5, 5.41) is 4.59. The van der Waals surface area contributed by atoms with Gasteiger partial charge in [0.2, 0.25) is 0 Å². The third-order valence-electron chi connectivity index (χ3n) is 4.23. The van der Waals surface area contributed by atoms with Gasteiger partial charge in [0.15, 0.2) is 5.76 Å². The van der Waals surface area contributed by atoms with Crippen LogP contribution in [0.3, 0.4) is 0 Å². The molecule has 2 aromatic heterocycles. The van der Waals surface area contributed by atoms with E-state index >= 15 is 0 Å². The van der Waals surface area contributed by atoms with Crippen LogP contribution in [0.2, 0.25) is 5.02 Å². The highest BCUT2D eigenvalue weighted by Crippen LogP contribution is 2.24. The molecule has 0 radical (unpaired) electrons. The number of amides is 1. The summed E-state index contributed by atoms with van der Waals surface area (Å²) in [4.78, 5) is 21.2. The van der Waals surface area contributed by atoms with Crippen molar-refractivity contribution in [3.63, 3.8) is 0 Å². The molecule has 0 bridgehead atoms. The Bertz CT molecular complexity index is 719. The van der Waals surface area contributed by atoms with Crippen LogP contribution in [-0.4, -0.2) is 47.1 Å². The smallest absolute Gasteiger partial charge is 0.259 e. The van der Waals surface area contributed by atoms with E-state index in [9.17, 15) is 4.79 Å². The van der Waals surface area contributed by atoms with Crippen LogP contribution in [0.15, 0.2) is 22.9 Å². The van der Waals surface area contributed by atoms with Gasteiger partial charge in [-0.25, -0.2) is 4.98 Å². The van der Waals surface area contributed by atoms with Crippen molar-refractivity contribution in [3.8, 4) is 0 Å². The maximum atomic E-state index is 12.9. The molecule has 1 aliphatic rings. The van der Waals surface area contributed by atoms with E-state index in [0.29, 0.717) is 35.1 Å². The summed E-state index contributed by atoms with van der Waals surface area (Å²) in [5.41, 5.74) is 1.27. The Kier molecular flexibility index (Phi) is 4.76. The number of rotatable bonds is 3. The molecule has 1 amide bonds. The van der Waals surface area contributed by atoms with Crippen molar-refractivity contribution in [1.82, 2.24) is 15.0 Å². The number of hydrogen-bond donors (Lipinski definition) is 0. The average molecular weight is 349 g/mol. The summed E-state index contributed by atoms with van der Waals surface area (Å²) in [5.74, 6) is 1.68. The van der Waals surface area contributed by atoms with Crippen LogP contribution in [-0.2, 0) is 0 Å². The largest absolute Gasteiger partial charge is 0.360 e. The zero-order valence-corrected chi connectivity index (χ0v) is 14.9. The first kappa shape index (κ1) is 16.8. The van der Waals surface area contributed by atoms with Gasteiger partial charge in [-0.2, -0.15) is 0 Å². The standard InChI is InChI=1S/C17H21ClN4O2/c1-11(2)16-15(12(3)20-24-16)17(23)22-8-6-21(7-9-22)14-5-4-13(18)10-19-14/h4-5,10-11H,6-9H2,1-3H3. The molecule has 0 atom stereocenters. The predicted molar refractivity (Wildman–Crippen MR) is 92.7 cm³/mol. The summed E-state index contributed by atoms with van der Waals surface area (Å²) in [7, 11) is 0. The van der Waals surface area contributed by atoms with E-state index in [1.807, 2.05) is 37.8 Å². The second-order valence-electron chi connectivity index (χ2n) is 6.28. The van der Waals surface area contributed by atoms with Crippen molar-refractivity contribution in [2.75, 3.05) is 31.1 Å². The summed E-state index contributed by atoms with van der Waals surface area (Å²) in [6, 6.07) is 3.73. The number of pyridine rings is 1. The van der Waals surface area contributed by atoms with E-state index < -0.39 is 0 Å². The normalized spacial score (nSPS) is 15.2. The first-order chi connectivity index (χ1) is 11.5. The minimum absolute atomic E-state index is 0.00108. The van der Waals surface area contributed by atoms with E-state index in [1.54, 1.807) is 6.20 Å². The first-order valence-electron chi connectivity index (χ1n) is 8.09. The lowest BCUT2D eigenvalue weighted by atomic mass is 10.0. The molecule has 0 aromatic carbocycles. The van der Waals surface area contributed by atoms with Gasteiger partial charge in [-0.15, -0.1) is 0 Å². The average Bonchev–Trinajstić information content (AvgIpc) is 2.97. The van der Waals surface area contributed by atoms with Crippen molar-refractivity contribution in [2.24, 2.45) is 0 Å². The molecule has 0 aliphatic carbocycles. The Hall–Kier alpha value is -2.08. The zero-order valence-electron chi connectivity index (χ0n) is 14.1. The number of nitrogens with zero attached hydrogens (tertiary/aromatic N) is 4. The molecule has 6 nitrogen and oxygen atoms in total. The van der Waals surface area contributed by atoms with Crippen LogP contribution in [0.1, 0.15) is 41.6 Å². The Balaban J connectivity index is 1.69. The minimum Gasteiger partial charge on any atom is -0.360 e. The number of piperazine rings is 1. The van der Waals surface area contributed by atoms with E-state index in [2.05, 4.69) is 15.0 Å². The molecule has 0 N–H and O–H groups in total. The molecule has 1 saturated heterocycles. The van der Waals surface area contributed by atoms with Gasteiger partial charge in [0, 0.05) is 38.3 Å². The molecule has 3 heterocycles. The molecule has 0 unspecified atom stereocenters. The fourth-order valence-corrected chi connectivity index (χ4v) is 3.01. The lowest BCUT2D eigenvalue weighted by Crippen LogP contribution is -2.49. The van der Waals surface area contributed by atoms with Crippen molar-refractivity contribution < 1.29 is 9.32 Å². The molecular formula is C17H21ClN4O2. The van der Waals surface area contributed by atoms with Crippen LogP contribution in [0.5, 0.6) is 0 Å². The van der Waals surface area contributed by atoms with Gasteiger partial charge in [-0.05, 0) is 19.1 Å². The number of carbonyl (C=O) groups is 1.